The zero-order valence-corrected chi connectivity index (χ0v) is 17.6. The molecule has 0 spiro atoms. The van der Waals surface area contributed by atoms with Crippen LogP contribution in [0.4, 0.5) is 0 Å². The topological polar surface area (TPSA) is 99.5 Å². The van der Waals surface area contributed by atoms with E-state index in [0.717, 1.165) is 12.8 Å². The Kier molecular flexibility index (Phi) is 6.92. The molecule has 1 aliphatic rings. The summed E-state index contributed by atoms with van der Waals surface area (Å²) in [5.74, 6) is -0.567. The predicted molar refractivity (Wildman–Crippen MR) is 110 cm³/mol. The molecule has 1 N–H and O–H groups in total. The van der Waals surface area contributed by atoms with Gasteiger partial charge in [0.1, 0.15) is 0 Å². The molecule has 1 aromatic heterocycles. The largest absolute Gasteiger partial charge is 0.465 e. The van der Waals surface area contributed by atoms with Gasteiger partial charge in [0.2, 0.25) is 5.91 Å². The van der Waals surface area contributed by atoms with Crippen LogP contribution in [0.2, 0.25) is 0 Å². The first-order valence-corrected chi connectivity index (χ1v) is 10.4. The van der Waals surface area contributed by atoms with Crippen LogP contribution in [0.1, 0.15) is 36.5 Å². The standard InChI is InChI=1S/C20H25N3O5S/c1-12(17(24)21-14-6-7-14)29-20-22-16-11-13(19(26)28-3)5-8-15(16)18(25)23(20)9-4-10-27-2/h5,8,11-12,14H,4,6-7,9-10H2,1-3H3,(H,21,24)/t12-/m0/s1. The minimum Gasteiger partial charge on any atom is -0.465 e. The number of ether oxygens (including phenoxy) is 2. The number of fused-ring (bicyclic) bond motifs is 1. The number of benzene rings is 1. The number of aromatic nitrogens is 2. The van der Waals surface area contributed by atoms with Crippen molar-refractivity contribution in [3.63, 3.8) is 0 Å². The fourth-order valence-corrected chi connectivity index (χ4v) is 3.80. The summed E-state index contributed by atoms with van der Waals surface area (Å²) in [6.45, 7) is 2.73. The molecule has 0 bridgehead atoms. The van der Waals surface area contributed by atoms with Crippen LogP contribution < -0.4 is 10.9 Å². The summed E-state index contributed by atoms with van der Waals surface area (Å²) in [5, 5.41) is 3.42. The van der Waals surface area contributed by atoms with E-state index in [0.29, 0.717) is 41.2 Å². The van der Waals surface area contributed by atoms with Crippen LogP contribution in [0, 0.1) is 0 Å². The molecule has 1 atom stereocenters. The van der Waals surface area contributed by atoms with Crippen LogP contribution in [-0.2, 0) is 20.8 Å². The summed E-state index contributed by atoms with van der Waals surface area (Å²) in [5.41, 5.74) is 0.512. The quantitative estimate of drug-likeness (QED) is 0.287. The van der Waals surface area contributed by atoms with Gasteiger partial charge in [-0.1, -0.05) is 11.8 Å². The van der Waals surface area contributed by atoms with Crippen molar-refractivity contribution in [3.05, 3.63) is 34.1 Å². The highest BCUT2D eigenvalue weighted by Crippen LogP contribution is 2.25. The summed E-state index contributed by atoms with van der Waals surface area (Å²) >= 11 is 1.24. The SMILES string of the molecule is COCCCn1c(S[C@@H](C)C(=O)NC2CC2)nc2cc(C(=O)OC)ccc2c1=O. The van der Waals surface area contributed by atoms with Crippen molar-refractivity contribution in [2.45, 2.75) is 49.2 Å². The summed E-state index contributed by atoms with van der Waals surface area (Å²) in [7, 11) is 2.91. The van der Waals surface area contributed by atoms with E-state index in [1.165, 1.54) is 18.9 Å². The number of rotatable bonds is 9. The van der Waals surface area contributed by atoms with Crippen molar-refractivity contribution in [2.75, 3.05) is 20.8 Å². The van der Waals surface area contributed by atoms with Gasteiger partial charge in [-0.25, -0.2) is 9.78 Å². The zero-order chi connectivity index (χ0) is 21.0. The van der Waals surface area contributed by atoms with E-state index in [-0.39, 0.29) is 17.5 Å². The van der Waals surface area contributed by atoms with Crippen LogP contribution in [0.5, 0.6) is 0 Å². The van der Waals surface area contributed by atoms with Gasteiger partial charge in [0, 0.05) is 26.3 Å². The number of methoxy groups -OCH3 is 2. The van der Waals surface area contributed by atoms with Crippen molar-refractivity contribution in [2.24, 2.45) is 0 Å². The van der Waals surface area contributed by atoms with E-state index < -0.39 is 11.2 Å². The van der Waals surface area contributed by atoms with E-state index in [9.17, 15) is 14.4 Å². The molecule has 1 saturated carbocycles. The Morgan fingerprint density at radius 2 is 2.10 bits per heavy atom. The third-order valence-corrected chi connectivity index (χ3v) is 5.74. The Morgan fingerprint density at radius 1 is 1.34 bits per heavy atom. The zero-order valence-electron chi connectivity index (χ0n) is 16.8. The lowest BCUT2D eigenvalue weighted by molar-refractivity contribution is -0.120. The van der Waals surface area contributed by atoms with E-state index in [4.69, 9.17) is 9.47 Å². The summed E-state index contributed by atoms with van der Waals surface area (Å²) in [6, 6.07) is 4.94. The second-order valence-electron chi connectivity index (χ2n) is 6.96. The minimum atomic E-state index is -0.496. The molecule has 0 saturated heterocycles. The smallest absolute Gasteiger partial charge is 0.337 e. The Morgan fingerprint density at radius 3 is 2.76 bits per heavy atom. The maximum Gasteiger partial charge on any atom is 0.337 e. The maximum absolute atomic E-state index is 13.1. The van der Waals surface area contributed by atoms with Gasteiger partial charge in [-0.05, 0) is 44.4 Å². The molecule has 1 aliphatic carbocycles. The Labute approximate surface area is 173 Å². The maximum atomic E-state index is 13.1. The number of nitrogens with zero attached hydrogens (tertiary/aromatic N) is 2. The molecule has 3 rings (SSSR count). The van der Waals surface area contributed by atoms with Crippen LogP contribution >= 0.6 is 11.8 Å². The van der Waals surface area contributed by atoms with Gasteiger partial charge < -0.3 is 14.8 Å². The van der Waals surface area contributed by atoms with E-state index in [2.05, 4.69) is 10.3 Å². The minimum absolute atomic E-state index is 0.0707. The van der Waals surface area contributed by atoms with Crippen molar-refractivity contribution in [1.82, 2.24) is 14.9 Å². The van der Waals surface area contributed by atoms with Crippen LogP contribution in [0.25, 0.3) is 10.9 Å². The summed E-state index contributed by atoms with van der Waals surface area (Å²) < 4.78 is 11.4. The summed E-state index contributed by atoms with van der Waals surface area (Å²) in [6.07, 6.45) is 2.66. The second kappa shape index (κ2) is 9.41. The molecule has 0 aliphatic heterocycles. The second-order valence-corrected chi connectivity index (χ2v) is 8.27. The molecule has 2 aromatic rings. The molecule has 0 radical (unpaired) electrons. The number of nitrogens with one attached hydrogen (secondary N) is 1. The van der Waals surface area contributed by atoms with Crippen LogP contribution in [0.15, 0.2) is 28.2 Å². The average molecular weight is 420 g/mol. The highest BCUT2D eigenvalue weighted by molar-refractivity contribution is 8.00. The van der Waals surface area contributed by atoms with Crippen molar-refractivity contribution >= 4 is 34.5 Å². The highest BCUT2D eigenvalue weighted by Gasteiger charge is 2.27. The number of thioether (sulfide) groups is 1. The number of carbonyl (C=O) groups excluding carboxylic acids is 2. The van der Waals surface area contributed by atoms with Gasteiger partial charge in [-0.15, -0.1) is 0 Å². The molecule has 1 fully saturated rings. The van der Waals surface area contributed by atoms with Gasteiger partial charge in [0.05, 0.1) is 28.8 Å². The number of carbonyl (C=O) groups is 2. The first-order chi connectivity index (χ1) is 13.9. The lowest BCUT2D eigenvalue weighted by Gasteiger charge is -2.16. The molecule has 0 unspecified atom stereocenters. The van der Waals surface area contributed by atoms with Crippen LogP contribution in [-0.4, -0.2) is 53.5 Å². The van der Waals surface area contributed by atoms with Crippen molar-refractivity contribution in [1.29, 1.82) is 0 Å². The number of esters is 1. The Balaban J connectivity index is 1.97. The normalized spacial score (nSPS) is 14.6. The monoisotopic (exact) mass is 419 g/mol. The number of hydrogen-bond acceptors (Lipinski definition) is 7. The van der Waals surface area contributed by atoms with Gasteiger partial charge in [0.15, 0.2) is 5.16 Å². The molecule has 1 amide bonds. The first kappa shape index (κ1) is 21.3. The van der Waals surface area contributed by atoms with Crippen LogP contribution in [0.3, 0.4) is 0 Å². The summed E-state index contributed by atoms with van der Waals surface area (Å²) in [4.78, 5) is 41.9. The van der Waals surface area contributed by atoms with Gasteiger partial charge in [0.25, 0.3) is 5.56 Å². The third-order valence-electron chi connectivity index (χ3n) is 4.65. The molecule has 1 aromatic carbocycles. The van der Waals surface area contributed by atoms with E-state index >= 15 is 0 Å². The third kappa shape index (κ3) is 5.16. The molecular weight excluding hydrogens is 394 g/mol. The van der Waals surface area contributed by atoms with E-state index in [1.54, 1.807) is 36.8 Å². The van der Waals surface area contributed by atoms with Crippen molar-refractivity contribution < 1.29 is 19.1 Å². The molecule has 1 heterocycles. The lowest BCUT2D eigenvalue weighted by atomic mass is 10.1. The highest BCUT2D eigenvalue weighted by atomic mass is 32.2. The number of amides is 1. The van der Waals surface area contributed by atoms with Crippen molar-refractivity contribution in [3.8, 4) is 0 Å². The van der Waals surface area contributed by atoms with E-state index in [1.807, 2.05) is 0 Å². The molecule has 156 valence electrons. The average Bonchev–Trinajstić information content (AvgIpc) is 3.53. The fraction of sp³-hybridized carbons (Fsp3) is 0.500. The Hall–Kier alpha value is -2.39. The predicted octanol–water partition coefficient (Wildman–Crippen LogP) is 1.98. The molecule has 9 heteroatoms. The van der Waals surface area contributed by atoms with Gasteiger partial charge in [-0.2, -0.15) is 0 Å². The molecule has 29 heavy (non-hydrogen) atoms. The first-order valence-electron chi connectivity index (χ1n) is 9.53. The molecule has 8 nitrogen and oxygen atoms in total. The fourth-order valence-electron chi connectivity index (χ4n) is 2.86. The van der Waals surface area contributed by atoms with Gasteiger partial charge >= 0.3 is 5.97 Å². The van der Waals surface area contributed by atoms with Gasteiger partial charge in [-0.3, -0.25) is 14.2 Å². The number of hydrogen-bond donors (Lipinski definition) is 1. The Bertz CT molecular complexity index is 970. The molecular formula is C20H25N3O5S. The lowest BCUT2D eigenvalue weighted by Crippen LogP contribution is -2.33.